The van der Waals surface area contributed by atoms with Gasteiger partial charge >= 0.3 is 5.97 Å². The second-order valence-corrected chi connectivity index (χ2v) is 6.60. The van der Waals surface area contributed by atoms with E-state index in [-0.39, 0.29) is 29.8 Å². The first-order valence-electron chi connectivity index (χ1n) is 8.95. The highest BCUT2D eigenvalue weighted by Crippen LogP contribution is 2.20. The van der Waals surface area contributed by atoms with Gasteiger partial charge in [0, 0.05) is 25.2 Å². The van der Waals surface area contributed by atoms with Crippen LogP contribution in [0, 0.1) is 31.1 Å². The van der Waals surface area contributed by atoms with Crippen molar-refractivity contribution in [2.75, 3.05) is 19.7 Å². The molecule has 2 heterocycles. The molecular formula is C19H25N3O4. The molecule has 1 aliphatic rings. The van der Waals surface area contributed by atoms with E-state index in [4.69, 9.17) is 10.00 Å². The predicted octanol–water partition coefficient (Wildman–Crippen LogP) is 1.60. The number of H-pyrrole nitrogens is 1. The summed E-state index contributed by atoms with van der Waals surface area (Å²) >= 11 is 0. The van der Waals surface area contributed by atoms with Gasteiger partial charge in [-0.1, -0.05) is 0 Å². The van der Waals surface area contributed by atoms with E-state index >= 15 is 0 Å². The van der Waals surface area contributed by atoms with Gasteiger partial charge in [0.05, 0.1) is 12.5 Å². The molecule has 0 unspecified atom stereocenters. The largest absolute Gasteiger partial charge is 0.466 e. The Hall–Kier alpha value is -2.62. The lowest BCUT2D eigenvalue weighted by molar-refractivity contribution is -0.151. The number of piperidine rings is 1. The summed E-state index contributed by atoms with van der Waals surface area (Å²) in [5.41, 5.74) is 1.84. The van der Waals surface area contributed by atoms with Crippen molar-refractivity contribution in [1.82, 2.24) is 9.88 Å². The van der Waals surface area contributed by atoms with Crippen LogP contribution < -0.4 is 5.56 Å². The number of esters is 1. The molecule has 1 N–H and O–H groups in total. The third kappa shape index (κ3) is 4.31. The number of aromatic amines is 1. The Morgan fingerprint density at radius 2 is 2.12 bits per heavy atom. The van der Waals surface area contributed by atoms with Crippen LogP contribution in [0.2, 0.25) is 0 Å². The Bertz CT molecular complexity index is 791. The number of ether oxygens (including phenoxy) is 1. The van der Waals surface area contributed by atoms with E-state index in [0.29, 0.717) is 37.4 Å². The number of hydrogen-bond donors (Lipinski definition) is 1. The molecule has 0 bridgehead atoms. The van der Waals surface area contributed by atoms with E-state index in [1.165, 1.54) is 0 Å². The van der Waals surface area contributed by atoms with Gasteiger partial charge in [-0.3, -0.25) is 14.4 Å². The maximum absolute atomic E-state index is 12.6. The van der Waals surface area contributed by atoms with Gasteiger partial charge in [0.2, 0.25) is 5.91 Å². The number of aryl methyl sites for hydroxylation is 1. The Kier molecular flexibility index (Phi) is 6.56. The highest BCUT2D eigenvalue weighted by Gasteiger charge is 2.29. The maximum atomic E-state index is 12.6. The molecule has 2 rings (SSSR count). The molecule has 0 spiro atoms. The summed E-state index contributed by atoms with van der Waals surface area (Å²) in [5, 5.41) is 9.13. The van der Waals surface area contributed by atoms with E-state index in [1.807, 2.05) is 6.07 Å². The first-order chi connectivity index (χ1) is 12.4. The van der Waals surface area contributed by atoms with Crippen LogP contribution in [0.4, 0.5) is 0 Å². The lowest BCUT2D eigenvalue weighted by Gasteiger charge is -2.31. The minimum Gasteiger partial charge on any atom is -0.466 e. The van der Waals surface area contributed by atoms with Crippen LogP contribution >= 0.6 is 0 Å². The van der Waals surface area contributed by atoms with Crippen LogP contribution in [-0.2, 0) is 20.7 Å². The molecule has 1 amide bonds. The first kappa shape index (κ1) is 19.7. The zero-order chi connectivity index (χ0) is 19.3. The van der Waals surface area contributed by atoms with Gasteiger partial charge in [-0.05, 0) is 51.2 Å². The molecule has 1 aromatic heterocycles. The van der Waals surface area contributed by atoms with Crippen LogP contribution in [0.15, 0.2) is 4.79 Å². The number of carbonyl (C=O) groups is 2. The molecule has 0 saturated carbocycles. The summed E-state index contributed by atoms with van der Waals surface area (Å²) in [7, 11) is 0. The number of nitrogens with one attached hydrogen (secondary N) is 1. The van der Waals surface area contributed by atoms with Gasteiger partial charge in [-0.25, -0.2) is 0 Å². The second kappa shape index (κ2) is 8.65. The maximum Gasteiger partial charge on any atom is 0.310 e. The van der Waals surface area contributed by atoms with Crippen molar-refractivity contribution in [1.29, 1.82) is 5.26 Å². The average molecular weight is 359 g/mol. The van der Waals surface area contributed by atoms with Gasteiger partial charge in [-0.2, -0.15) is 5.26 Å². The SMILES string of the molecule is CCOC(=O)[C@@H]1CCCN(C(=O)CCc2c(C)[nH]c(=O)c(C#N)c2C)C1. The zero-order valence-corrected chi connectivity index (χ0v) is 15.6. The molecule has 1 saturated heterocycles. The number of likely N-dealkylation sites (tertiary alicyclic amines) is 1. The fourth-order valence-corrected chi connectivity index (χ4v) is 3.47. The molecule has 1 atom stereocenters. The minimum absolute atomic E-state index is 0.0255. The molecule has 0 radical (unpaired) electrons. The summed E-state index contributed by atoms with van der Waals surface area (Å²) in [6.45, 7) is 6.65. The predicted molar refractivity (Wildman–Crippen MR) is 95.5 cm³/mol. The number of aromatic nitrogens is 1. The van der Waals surface area contributed by atoms with E-state index in [9.17, 15) is 14.4 Å². The van der Waals surface area contributed by atoms with E-state index in [2.05, 4.69) is 4.98 Å². The normalized spacial score (nSPS) is 16.8. The summed E-state index contributed by atoms with van der Waals surface area (Å²) in [4.78, 5) is 40.7. The lowest BCUT2D eigenvalue weighted by Crippen LogP contribution is -2.43. The Morgan fingerprint density at radius 3 is 2.77 bits per heavy atom. The molecule has 26 heavy (non-hydrogen) atoms. The number of carbonyl (C=O) groups excluding carboxylic acids is 2. The molecule has 1 aliphatic heterocycles. The molecule has 0 aromatic carbocycles. The van der Waals surface area contributed by atoms with E-state index in [1.54, 1.807) is 25.7 Å². The average Bonchev–Trinajstić information content (AvgIpc) is 2.61. The van der Waals surface area contributed by atoms with Crippen molar-refractivity contribution >= 4 is 11.9 Å². The first-order valence-corrected chi connectivity index (χ1v) is 8.95. The van der Waals surface area contributed by atoms with Crippen molar-refractivity contribution in [3.63, 3.8) is 0 Å². The molecule has 1 fully saturated rings. The van der Waals surface area contributed by atoms with Gasteiger partial charge < -0.3 is 14.6 Å². The number of nitrogens with zero attached hydrogens (tertiary/aromatic N) is 2. The number of nitriles is 1. The van der Waals surface area contributed by atoms with Gasteiger partial charge in [0.1, 0.15) is 11.6 Å². The summed E-state index contributed by atoms with van der Waals surface area (Å²) in [5.74, 6) is -0.520. The summed E-state index contributed by atoms with van der Waals surface area (Å²) in [6, 6.07) is 1.92. The zero-order valence-electron chi connectivity index (χ0n) is 15.6. The Balaban J connectivity index is 2.04. The molecular weight excluding hydrogens is 334 g/mol. The lowest BCUT2D eigenvalue weighted by atomic mass is 9.96. The second-order valence-electron chi connectivity index (χ2n) is 6.60. The highest BCUT2D eigenvalue weighted by molar-refractivity contribution is 5.78. The van der Waals surface area contributed by atoms with Crippen LogP contribution in [0.25, 0.3) is 0 Å². The number of rotatable bonds is 5. The Labute approximate surface area is 153 Å². The van der Waals surface area contributed by atoms with Crippen LogP contribution in [-0.4, -0.2) is 41.5 Å². The van der Waals surface area contributed by atoms with Crippen molar-refractivity contribution in [3.05, 3.63) is 32.7 Å². The van der Waals surface area contributed by atoms with Gasteiger partial charge in [0.15, 0.2) is 0 Å². The standard InChI is InChI=1S/C19H25N3O4/c1-4-26-19(25)14-6-5-9-22(11-14)17(23)8-7-15-12(2)16(10-20)18(24)21-13(15)3/h14H,4-9,11H2,1-3H3,(H,21,24)/t14-/m1/s1. The smallest absolute Gasteiger partial charge is 0.310 e. The third-order valence-corrected chi connectivity index (χ3v) is 4.90. The van der Waals surface area contributed by atoms with Crippen molar-refractivity contribution < 1.29 is 14.3 Å². The molecule has 0 aliphatic carbocycles. The van der Waals surface area contributed by atoms with Crippen molar-refractivity contribution in [3.8, 4) is 6.07 Å². The number of pyridine rings is 1. The molecule has 7 heteroatoms. The van der Waals surface area contributed by atoms with Gasteiger partial charge in [-0.15, -0.1) is 0 Å². The van der Waals surface area contributed by atoms with E-state index in [0.717, 1.165) is 18.4 Å². The monoisotopic (exact) mass is 359 g/mol. The highest BCUT2D eigenvalue weighted by atomic mass is 16.5. The fourth-order valence-electron chi connectivity index (χ4n) is 3.47. The summed E-state index contributed by atoms with van der Waals surface area (Å²) in [6.07, 6.45) is 2.24. The molecule has 140 valence electrons. The quantitative estimate of drug-likeness (QED) is 0.804. The third-order valence-electron chi connectivity index (χ3n) is 4.90. The minimum atomic E-state index is -0.397. The topological polar surface area (TPSA) is 103 Å². The number of amides is 1. The fraction of sp³-hybridized carbons (Fsp3) is 0.579. The van der Waals surface area contributed by atoms with Crippen LogP contribution in [0.3, 0.4) is 0 Å². The van der Waals surface area contributed by atoms with Crippen LogP contribution in [0.1, 0.15) is 48.6 Å². The van der Waals surface area contributed by atoms with Gasteiger partial charge in [0.25, 0.3) is 5.56 Å². The molecule has 7 nitrogen and oxygen atoms in total. The van der Waals surface area contributed by atoms with E-state index < -0.39 is 5.56 Å². The Morgan fingerprint density at radius 1 is 1.38 bits per heavy atom. The number of hydrogen-bond acceptors (Lipinski definition) is 5. The van der Waals surface area contributed by atoms with Crippen molar-refractivity contribution in [2.24, 2.45) is 5.92 Å². The molecule has 1 aromatic rings. The van der Waals surface area contributed by atoms with Crippen molar-refractivity contribution in [2.45, 2.75) is 46.5 Å². The summed E-state index contributed by atoms with van der Waals surface area (Å²) < 4.78 is 5.07. The van der Waals surface area contributed by atoms with Crippen LogP contribution in [0.5, 0.6) is 0 Å².